The zero-order valence-corrected chi connectivity index (χ0v) is 9.47. The average molecular weight is 229 g/mol. The van der Waals surface area contributed by atoms with E-state index in [9.17, 15) is 0 Å². The van der Waals surface area contributed by atoms with Gasteiger partial charge in [-0.1, -0.05) is 18.2 Å². The van der Waals surface area contributed by atoms with Gasteiger partial charge in [0.1, 0.15) is 0 Å². The molecule has 0 amide bonds. The topological polar surface area (TPSA) is 0 Å². The van der Waals surface area contributed by atoms with Crippen LogP contribution in [0.5, 0.6) is 0 Å². The van der Waals surface area contributed by atoms with Crippen LogP contribution in [0.1, 0.15) is 5.56 Å². The van der Waals surface area contributed by atoms with Crippen LogP contribution >= 0.6 is 0 Å². The van der Waals surface area contributed by atoms with Crippen LogP contribution in [0.15, 0.2) is 30.3 Å². The van der Waals surface area contributed by atoms with Crippen molar-refractivity contribution >= 4 is 23.1 Å². The molecule has 0 aromatic heterocycles. The molecule has 0 N–H and O–H groups in total. The summed E-state index contributed by atoms with van der Waals surface area (Å²) in [5, 5.41) is 0. The molecule has 0 radical (unpaired) electrons. The molecule has 0 saturated heterocycles. The number of hydrogen-bond acceptors (Lipinski definition) is 0. The van der Waals surface area contributed by atoms with E-state index in [1.54, 1.807) is 0 Å². The van der Waals surface area contributed by atoms with Crippen LogP contribution in [0.25, 0.3) is 0 Å². The molecule has 12 heavy (non-hydrogen) atoms. The summed E-state index contributed by atoms with van der Waals surface area (Å²) >= 11 is 0. The molecule has 2 heteroatoms. The van der Waals surface area contributed by atoms with Gasteiger partial charge in [-0.2, -0.15) is 5.92 Å². The SMILES string of the molecule is [Br-].[C-]#CC#Cc1ccccc1.[Mg+2]. The third-order valence-electron chi connectivity index (χ3n) is 1.04. The van der Waals surface area contributed by atoms with Crippen molar-refractivity contribution < 1.29 is 17.0 Å². The third kappa shape index (κ3) is 5.26. The Bertz CT molecular complexity index is 300. The summed E-state index contributed by atoms with van der Waals surface area (Å²) < 4.78 is 0. The first-order valence-corrected chi connectivity index (χ1v) is 2.91. The van der Waals surface area contributed by atoms with Gasteiger partial charge in [0.15, 0.2) is 0 Å². The van der Waals surface area contributed by atoms with Gasteiger partial charge >= 0.3 is 23.1 Å². The second-order valence-electron chi connectivity index (χ2n) is 1.74. The molecular formula is C10H5BrMg. The molecular weight excluding hydrogens is 224 g/mol. The molecule has 1 aromatic carbocycles. The molecule has 1 aromatic rings. The van der Waals surface area contributed by atoms with Gasteiger partial charge in [-0.15, -0.1) is 0 Å². The van der Waals surface area contributed by atoms with Crippen LogP contribution in [0, 0.1) is 24.2 Å². The molecule has 0 fully saturated rings. The summed E-state index contributed by atoms with van der Waals surface area (Å²) in [4.78, 5) is 0. The van der Waals surface area contributed by atoms with Gasteiger partial charge in [0.25, 0.3) is 0 Å². The Hall–Kier alpha value is -0.414. The van der Waals surface area contributed by atoms with Crippen molar-refractivity contribution in [1.82, 2.24) is 0 Å². The summed E-state index contributed by atoms with van der Waals surface area (Å²) in [5.41, 5.74) is 0.919. The van der Waals surface area contributed by atoms with Crippen molar-refractivity contribution in [2.75, 3.05) is 0 Å². The largest absolute Gasteiger partial charge is 2.00 e. The van der Waals surface area contributed by atoms with E-state index in [2.05, 4.69) is 11.8 Å². The Kier molecular flexibility index (Phi) is 10.2. The molecule has 0 aliphatic heterocycles. The maximum Gasteiger partial charge on any atom is 2.00 e. The monoisotopic (exact) mass is 228 g/mol. The predicted octanol–water partition coefficient (Wildman–Crippen LogP) is -1.75. The number of hydrogen-bond donors (Lipinski definition) is 0. The molecule has 54 valence electrons. The second kappa shape index (κ2) is 8.68. The maximum absolute atomic E-state index is 6.53. The van der Waals surface area contributed by atoms with E-state index in [0.29, 0.717) is 0 Å². The smallest absolute Gasteiger partial charge is 1.00 e. The fourth-order valence-electron chi connectivity index (χ4n) is 0.625. The van der Waals surface area contributed by atoms with E-state index < -0.39 is 0 Å². The minimum absolute atomic E-state index is 0. The third-order valence-corrected chi connectivity index (χ3v) is 1.04. The van der Waals surface area contributed by atoms with Crippen molar-refractivity contribution in [3.05, 3.63) is 42.3 Å². The number of benzene rings is 1. The Labute approximate surface area is 99.7 Å². The normalized spacial score (nSPS) is 5.92. The first kappa shape index (κ1) is 14.1. The molecule has 0 aliphatic carbocycles. The first-order valence-electron chi connectivity index (χ1n) is 2.91. The molecule has 0 spiro atoms. The molecule has 0 heterocycles. The number of rotatable bonds is 0. The molecule has 1 rings (SSSR count). The fraction of sp³-hybridized carbons (Fsp3) is 0. The van der Waals surface area contributed by atoms with Crippen molar-refractivity contribution in [2.24, 2.45) is 0 Å². The van der Waals surface area contributed by atoms with Crippen LogP contribution < -0.4 is 17.0 Å². The summed E-state index contributed by atoms with van der Waals surface area (Å²) in [5.74, 6) is 7.18. The molecule has 0 bridgehead atoms. The van der Waals surface area contributed by atoms with Gasteiger partial charge < -0.3 is 23.4 Å². The summed E-state index contributed by atoms with van der Waals surface area (Å²) in [7, 11) is 0. The summed E-state index contributed by atoms with van der Waals surface area (Å²) in [6.07, 6.45) is 6.53. The predicted molar refractivity (Wildman–Crippen MR) is 46.2 cm³/mol. The molecule has 0 atom stereocenters. The standard InChI is InChI=1S/C10H5.BrH.Mg/c1-2-3-7-10-8-5-4-6-9-10;;/h4-6,8-9H;1H;/q-1;;+2/p-1. The summed E-state index contributed by atoms with van der Waals surface area (Å²) in [6.45, 7) is 0. The van der Waals surface area contributed by atoms with Crippen molar-refractivity contribution in [3.8, 4) is 17.8 Å². The van der Waals surface area contributed by atoms with E-state index in [1.165, 1.54) is 0 Å². The van der Waals surface area contributed by atoms with Gasteiger partial charge in [0.05, 0.1) is 0 Å². The van der Waals surface area contributed by atoms with Crippen LogP contribution in [0.2, 0.25) is 0 Å². The Balaban J connectivity index is 0. The van der Waals surface area contributed by atoms with Gasteiger partial charge in [-0.3, -0.25) is 5.92 Å². The Morgan fingerprint density at radius 3 is 2.17 bits per heavy atom. The molecule has 0 saturated carbocycles. The van der Waals surface area contributed by atoms with E-state index in [1.807, 2.05) is 36.3 Å². The van der Waals surface area contributed by atoms with E-state index in [4.69, 9.17) is 6.42 Å². The second-order valence-corrected chi connectivity index (χ2v) is 1.74. The van der Waals surface area contributed by atoms with E-state index in [0.717, 1.165) is 5.56 Å². The fourth-order valence-corrected chi connectivity index (χ4v) is 0.625. The minimum Gasteiger partial charge on any atom is -1.00 e. The Morgan fingerprint density at radius 2 is 1.67 bits per heavy atom. The Morgan fingerprint density at radius 1 is 1.08 bits per heavy atom. The average Bonchev–Trinajstić information content (AvgIpc) is 2.03. The molecule has 0 aliphatic rings. The molecule has 0 nitrogen and oxygen atoms in total. The van der Waals surface area contributed by atoms with Crippen LogP contribution in [-0.4, -0.2) is 23.1 Å². The zero-order chi connectivity index (χ0) is 7.23. The van der Waals surface area contributed by atoms with Gasteiger partial charge in [-0.25, -0.2) is 5.92 Å². The van der Waals surface area contributed by atoms with E-state index >= 15 is 0 Å². The summed E-state index contributed by atoms with van der Waals surface area (Å²) in [6, 6.07) is 9.54. The van der Waals surface area contributed by atoms with Gasteiger partial charge in [0, 0.05) is 5.56 Å². The van der Waals surface area contributed by atoms with Crippen molar-refractivity contribution in [3.63, 3.8) is 0 Å². The van der Waals surface area contributed by atoms with Crippen LogP contribution in [-0.2, 0) is 0 Å². The van der Waals surface area contributed by atoms with E-state index in [-0.39, 0.29) is 40.0 Å². The number of halogens is 1. The van der Waals surface area contributed by atoms with Gasteiger partial charge in [0.2, 0.25) is 0 Å². The quantitative estimate of drug-likeness (QED) is 0.281. The maximum atomic E-state index is 6.53. The zero-order valence-electron chi connectivity index (χ0n) is 6.47. The first-order chi connectivity index (χ1) is 4.93. The van der Waals surface area contributed by atoms with Crippen LogP contribution in [0.3, 0.4) is 0 Å². The van der Waals surface area contributed by atoms with Gasteiger partial charge in [-0.05, 0) is 12.1 Å². The van der Waals surface area contributed by atoms with Crippen LogP contribution in [0.4, 0.5) is 0 Å². The molecule has 0 unspecified atom stereocenters. The van der Waals surface area contributed by atoms with Crippen molar-refractivity contribution in [2.45, 2.75) is 0 Å². The van der Waals surface area contributed by atoms with Crippen molar-refractivity contribution in [1.29, 1.82) is 0 Å². The minimum atomic E-state index is 0.